The van der Waals surface area contributed by atoms with Gasteiger partial charge in [-0.2, -0.15) is 4.98 Å². The van der Waals surface area contributed by atoms with E-state index in [1.165, 1.54) is 0 Å². The number of hydrogen-bond acceptors (Lipinski definition) is 6. The zero-order valence-corrected chi connectivity index (χ0v) is 12.3. The number of aromatic nitrogens is 3. The summed E-state index contributed by atoms with van der Waals surface area (Å²) in [7, 11) is 0. The molecule has 0 saturated carbocycles. The van der Waals surface area contributed by atoms with Crippen LogP contribution in [-0.2, 0) is 6.42 Å². The Morgan fingerprint density at radius 3 is 2.76 bits per heavy atom. The Bertz CT molecular complexity index is 590. The van der Waals surface area contributed by atoms with Gasteiger partial charge in [-0.25, -0.2) is 4.79 Å². The van der Waals surface area contributed by atoms with Crippen molar-refractivity contribution >= 4 is 11.8 Å². The first kappa shape index (κ1) is 15.0. The summed E-state index contributed by atoms with van der Waals surface area (Å²) in [6.07, 6.45) is 1.34. The summed E-state index contributed by atoms with van der Waals surface area (Å²) in [5.74, 6) is 2.58. The second-order valence-electron chi connectivity index (χ2n) is 5.01. The zero-order chi connectivity index (χ0) is 15.2. The van der Waals surface area contributed by atoms with Crippen molar-refractivity contribution in [1.29, 1.82) is 0 Å². The van der Waals surface area contributed by atoms with E-state index in [9.17, 15) is 4.79 Å². The van der Waals surface area contributed by atoms with E-state index in [0.717, 1.165) is 0 Å². The second kappa shape index (κ2) is 6.87. The molecule has 8 heteroatoms. The van der Waals surface area contributed by atoms with Crippen molar-refractivity contribution in [3.8, 4) is 0 Å². The van der Waals surface area contributed by atoms with E-state index in [1.807, 2.05) is 13.8 Å². The van der Waals surface area contributed by atoms with Crippen molar-refractivity contribution in [2.75, 3.05) is 11.9 Å². The van der Waals surface area contributed by atoms with Gasteiger partial charge in [0.25, 0.3) is 0 Å². The molecule has 114 valence electrons. The molecule has 0 aliphatic carbocycles. The third-order valence-corrected chi connectivity index (χ3v) is 2.72. The summed E-state index contributed by atoms with van der Waals surface area (Å²) in [5.41, 5.74) is 0. The number of carbonyl (C=O) groups is 1. The molecule has 0 atom stereocenters. The average Bonchev–Trinajstić information content (AvgIpc) is 3.04. The van der Waals surface area contributed by atoms with Gasteiger partial charge in [-0.15, -0.1) is 0 Å². The van der Waals surface area contributed by atoms with Crippen LogP contribution in [0.25, 0.3) is 0 Å². The maximum absolute atomic E-state index is 11.6. The summed E-state index contributed by atoms with van der Waals surface area (Å²) in [4.78, 5) is 15.8. The Morgan fingerprint density at radius 2 is 2.14 bits per heavy atom. The minimum Gasteiger partial charge on any atom is -0.360 e. The molecule has 2 aromatic rings. The van der Waals surface area contributed by atoms with Gasteiger partial charge in [0.15, 0.2) is 11.6 Å². The largest absolute Gasteiger partial charge is 0.360 e. The summed E-state index contributed by atoms with van der Waals surface area (Å²) >= 11 is 0. The number of carbonyl (C=O) groups excluding carboxylic acids is 1. The Hall–Kier alpha value is -2.38. The van der Waals surface area contributed by atoms with Crippen molar-refractivity contribution in [3.63, 3.8) is 0 Å². The van der Waals surface area contributed by atoms with Crippen molar-refractivity contribution in [2.24, 2.45) is 0 Å². The number of nitrogens with zero attached hydrogens (tertiary/aromatic N) is 3. The van der Waals surface area contributed by atoms with Crippen LogP contribution in [0.1, 0.15) is 43.7 Å². The van der Waals surface area contributed by atoms with Crippen molar-refractivity contribution in [3.05, 3.63) is 23.5 Å². The Kier molecular flexibility index (Phi) is 4.91. The van der Waals surface area contributed by atoms with Crippen LogP contribution in [0.15, 0.2) is 15.1 Å². The van der Waals surface area contributed by atoms with Crippen molar-refractivity contribution < 1.29 is 13.8 Å². The Labute approximate surface area is 122 Å². The molecule has 2 rings (SSSR count). The maximum Gasteiger partial charge on any atom is 0.320 e. The normalized spacial score (nSPS) is 10.9. The van der Waals surface area contributed by atoms with Gasteiger partial charge in [0.1, 0.15) is 5.76 Å². The zero-order valence-electron chi connectivity index (χ0n) is 12.3. The molecular formula is C13H19N5O3. The molecule has 0 unspecified atom stereocenters. The van der Waals surface area contributed by atoms with Gasteiger partial charge < -0.3 is 14.4 Å². The number of anilines is 1. The lowest BCUT2D eigenvalue weighted by atomic mass is 10.2. The number of urea groups is 1. The van der Waals surface area contributed by atoms with E-state index in [0.29, 0.717) is 42.7 Å². The molecule has 2 aromatic heterocycles. The molecule has 0 bridgehead atoms. The standard InChI is InChI=1S/C13H19N5O3/c1-8(2)12-16-11(21-18-12)5-4-6-14-13(19)15-10-7-9(3)20-17-10/h7-8H,4-6H2,1-3H3,(H2,14,15,17,19). The highest BCUT2D eigenvalue weighted by Crippen LogP contribution is 2.10. The summed E-state index contributed by atoms with van der Waals surface area (Å²) in [6, 6.07) is 1.32. The van der Waals surface area contributed by atoms with Gasteiger partial charge >= 0.3 is 6.03 Å². The SMILES string of the molecule is Cc1cc(NC(=O)NCCCc2nc(C(C)C)no2)no1. The molecule has 8 nitrogen and oxygen atoms in total. The highest BCUT2D eigenvalue weighted by molar-refractivity contribution is 5.88. The molecule has 0 aliphatic rings. The maximum atomic E-state index is 11.6. The van der Waals surface area contributed by atoms with E-state index >= 15 is 0 Å². The molecular weight excluding hydrogens is 274 g/mol. The third kappa shape index (κ3) is 4.59. The van der Waals surface area contributed by atoms with Gasteiger partial charge in [-0.3, -0.25) is 5.32 Å². The highest BCUT2D eigenvalue weighted by Gasteiger charge is 2.09. The molecule has 0 spiro atoms. The van der Waals surface area contributed by atoms with Crippen molar-refractivity contribution in [1.82, 2.24) is 20.6 Å². The lowest BCUT2D eigenvalue weighted by molar-refractivity contribution is 0.251. The monoisotopic (exact) mass is 293 g/mol. The van der Waals surface area contributed by atoms with Gasteiger partial charge in [0.05, 0.1) is 0 Å². The fourth-order valence-corrected chi connectivity index (χ4v) is 1.63. The molecule has 0 saturated heterocycles. The topological polar surface area (TPSA) is 106 Å². The van der Waals surface area contributed by atoms with Crippen LogP contribution in [0.2, 0.25) is 0 Å². The third-order valence-electron chi connectivity index (χ3n) is 2.72. The first-order valence-corrected chi connectivity index (χ1v) is 6.85. The van der Waals surface area contributed by atoms with Gasteiger partial charge in [-0.1, -0.05) is 24.2 Å². The van der Waals surface area contributed by atoms with E-state index in [4.69, 9.17) is 9.05 Å². The van der Waals surface area contributed by atoms with Crippen molar-refractivity contribution in [2.45, 2.75) is 39.5 Å². The van der Waals surface area contributed by atoms with Gasteiger partial charge in [0, 0.05) is 24.9 Å². The molecule has 21 heavy (non-hydrogen) atoms. The first-order chi connectivity index (χ1) is 10.0. The molecule has 0 aliphatic heterocycles. The lowest BCUT2D eigenvalue weighted by Crippen LogP contribution is -2.29. The lowest BCUT2D eigenvalue weighted by Gasteiger charge is -2.03. The van der Waals surface area contributed by atoms with E-state index in [2.05, 4.69) is 25.9 Å². The summed E-state index contributed by atoms with van der Waals surface area (Å²) in [5, 5.41) is 12.8. The molecule has 2 amide bonds. The van der Waals surface area contributed by atoms with Crippen LogP contribution in [0, 0.1) is 6.92 Å². The number of rotatable bonds is 6. The Morgan fingerprint density at radius 1 is 1.33 bits per heavy atom. The second-order valence-corrected chi connectivity index (χ2v) is 5.01. The van der Waals surface area contributed by atoms with Crippen LogP contribution < -0.4 is 10.6 Å². The van der Waals surface area contributed by atoms with Crippen LogP contribution in [0.4, 0.5) is 10.6 Å². The summed E-state index contributed by atoms with van der Waals surface area (Å²) in [6.45, 7) is 6.27. The fourth-order valence-electron chi connectivity index (χ4n) is 1.63. The smallest absolute Gasteiger partial charge is 0.320 e. The number of nitrogens with one attached hydrogen (secondary N) is 2. The molecule has 2 heterocycles. The van der Waals surface area contributed by atoms with E-state index < -0.39 is 0 Å². The minimum atomic E-state index is -0.323. The van der Waals surface area contributed by atoms with Crippen LogP contribution in [0.5, 0.6) is 0 Å². The highest BCUT2D eigenvalue weighted by atomic mass is 16.5. The van der Waals surface area contributed by atoms with Crippen LogP contribution in [-0.4, -0.2) is 27.9 Å². The number of hydrogen-bond donors (Lipinski definition) is 2. The summed E-state index contributed by atoms with van der Waals surface area (Å²) < 4.78 is 9.97. The van der Waals surface area contributed by atoms with Crippen LogP contribution in [0.3, 0.4) is 0 Å². The molecule has 0 radical (unpaired) electrons. The van der Waals surface area contributed by atoms with E-state index in [-0.39, 0.29) is 11.9 Å². The Balaban J connectivity index is 1.65. The van der Waals surface area contributed by atoms with Crippen LogP contribution >= 0.6 is 0 Å². The average molecular weight is 293 g/mol. The fraction of sp³-hybridized carbons (Fsp3) is 0.538. The molecule has 0 aromatic carbocycles. The minimum absolute atomic E-state index is 0.248. The van der Waals surface area contributed by atoms with Gasteiger partial charge in [-0.05, 0) is 13.3 Å². The first-order valence-electron chi connectivity index (χ1n) is 6.85. The number of amides is 2. The predicted molar refractivity (Wildman–Crippen MR) is 75.0 cm³/mol. The molecule has 2 N–H and O–H groups in total. The molecule has 0 fully saturated rings. The quantitative estimate of drug-likeness (QED) is 0.791. The number of aryl methyl sites for hydroxylation is 2. The van der Waals surface area contributed by atoms with Gasteiger partial charge in [0.2, 0.25) is 5.89 Å². The predicted octanol–water partition coefficient (Wildman–Crippen LogP) is 2.24. The van der Waals surface area contributed by atoms with E-state index in [1.54, 1.807) is 13.0 Å².